The van der Waals surface area contributed by atoms with Crippen molar-refractivity contribution in [3.63, 3.8) is 0 Å². The molecule has 1 amide bonds. The Kier molecular flexibility index (Phi) is 6.69. The van der Waals surface area contributed by atoms with E-state index in [0.717, 1.165) is 4.90 Å². The van der Waals surface area contributed by atoms with Crippen molar-refractivity contribution in [3.05, 3.63) is 70.7 Å². The summed E-state index contributed by atoms with van der Waals surface area (Å²) in [5.41, 5.74) is 2.05. The molecule has 156 valence electrons. The van der Waals surface area contributed by atoms with Crippen LogP contribution in [0.15, 0.2) is 47.4 Å². The number of thioether (sulfide) groups is 1. The third kappa shape index (κ3) is 4.77. The first-order valence-corrected chi connectivity index (χ1v) is 10.5. The Hall–Kier alpha value is -2.97. The van der Waals surface area contributed by atoms with E-state index in [1.807, 2.05) is 24.5 Å². The highest BCUT2D eigenvalue weighted by molar-refractivity contribution is 7.98. The predicted octanol–water partition coefficient (Wildman–Crippen LogP) is 5.05. The summed E-state index contributed by atoms with van der Waals surface area (Å²) in [6, 6.07) is 11.5. The van der Waals surface area contributed by atoms with Crippen molar-refractivity contribution in [3.8, 4) is 11.6 Å². The Bertz CT molecular complexity index is 1090. The lowest BCUT2D eigenvalue weighted by atomic mass is 10.1. The molecular weight excluding hydrogens is 405 g/mol. The minimum Gasteiger partial charge on any atom is -0.437 e. The van der Waals surface area contributed by atoms with E-state index in [-0.39, 0.29) is 17.1 Å². The lowest BCUT2D eigenvalue weighted by Crippen LogP contribution is -2.18. The van der Waals surface area contributed by atoms with Crippen LogP contribution in [0.5, 0.6) is 11.6 Å². The molecule has 3 aromatic rings. The van der Waals surface area contributed by atoms with Crippen LogP contribution in [0, 0.1) is 19.7 Å². The number of halogens is 1. The van der Waals surface area contributed by atoms with Gasteiger partial charge in [-0.05, 0) is 74.6 Å². The summed E-state index contributed by atoms with van der Waals surface area (Å²) in [5.74, 6) is -0.506. The summed E-state index contributed by atoms with van der Waals surface area (Å²) in [6.45, 7) is 4.91. The number of benzene rings is 2. The summed E-state index contributed by atoms with van der Waals surface area (Å²) in [4.78, 5) is 14.2. The van der Waals surface area contributed by atoms with Gasteiger partial charge in [-0.25, -0.2) is 4.39 Å². The van der Waals surface area contributed by atoms with Crippen LogP contribution >= 0.6 is 11.8 Å². The number of ether oxygens (including phenoxy) is 1. The van der Waals surface area contributed by atoms with E-state index >= 15 is 0 Å². The highest BCUT2D eigenvalue weighted by Gasteiger charge is 2.24. The second-order valence-corrected chi connectivity index (χ2v) is 7.64. The zero-order chi connectivity index (χ0) is 21.8. The average Bonchev–Trinajstić information content (AvgIpc) is 2.70. The van der Waals surface area contributed by atoms with Gasteiger partial charge in [0.1, 0.15) is 17.1 Å². The first-order chi connectivity index (χ1) is 14.3. The Balaban J connectivity index is 2.03. The summed E-state index contributed by atoms with van der Waals surface area (Å²) in [5, 5.41) is 20.9. The lowest BCUT2D eigenvalue weighted by Gasteiger charge is -2.16. The number of anilines is 1. The largest absolute Gasteiger partial charge is 0.437 e. The molecule has 0 aliphatic rings. The van der Waals surface area contributed by atoms with Gasteiger partial charge in [-0.15, -0.1) is 22.0 Å². The Labute approximate surface area is 178 Å². The van der Waals surface area contributed by atoms with Gasteiger partial charge in [0, 0.05) is 10.6 Å². The van der Waals surface area contributed by atoms with Crippen LogP contribution in [0.4, 0.5) is 10.1 Å². The topological polar surface area (TPSA) is 84.3 Å². The molecule has 0 aliphatic carbocycles. The van der Waals surface area contributed by atoms with E-state index in [1.165, 1.54) is 18.2 Å². The van der Waals surface area contributed by atoms with E-state index in [0.29, 0.717) is 22.6 Å². The smallest absolute Gasteiger partial charge is 0.261 e. The Morgan fingerprint density at radius 1 is 1.20 bits per heavy atom. The predicted molar refractivity (Wildman–Crippen MR) is 115 cm³/mol. The maximum Gasteiger partial charge on any atom is 0.261 e. The van der Waals surface area contributed by atoms with Crippen LogP contribution in [-0.4, -0.2) is 27.5 Å². The summed E-state index contributed by atoms with van der Waals surface area (Å²) < 4.78 is 19.3. The van der Waals surface area contributed by atoms with Crippen LogP contribution in [-0.2, 0) is 0 Å². The molecule has 0 radical (unpaired) electrons. The summed E-state index contributed by atoms with van der Waals surface area (Å²) >= 11 is 1.56. The van der Waals surface area contributed by atoms with Gasteiger partial charge < -0.3 is 15.2 Å². The number of aromatic nitrogens is 2. The number of aliphatic hydroxyl groups is 1. The highest BCUT2D eigenvalue weighted by Crippen LogP contribution is 2.31. The number of carbonyl (C=O) groups excluding carboxylic acids is 1. The molecular formula is C22H22FN3O3S. The van der Waals surface area contributed by atoms with Gasteiger partial charge >= 0.3 is 0 Å². The number of aliphatic hydroxyl groups excluding tert-OH is 1. The van der Waals surface area contributed by atoms with Crippen LogP contribution in [0.25, 0.3) is 0 Å². The molecule has 0 fully saturated rings. The van der Waals surface area contributed by atoms with Crippen molar-refractivity contribution < 1.29 is 19.0 Å². The summed E-state index contributed by atoms with van der Waals surface area (Å²) in [6.07, 6.45) is 1.04. The van der Waals surface area contributed by atoms with E-state index < -0.39 is 17.8 Å². The molecule has 2 N–H and O–H groups in total. The minimum atomic E-state index is -0.912. The van der Waals surface area contributed by atoms with E-state index in [9.17, 15) is 14.3 Å². The number of hydrogen-bond donors (Lipinski definition) is 2. The van der Waals surface area contributed by atoms with Gasteiger partial charge in [0.25, 0.3) is 11.8 Å². The Morgan fingerprint density at radius 3 is 2.63 bits per heavy atom. The van der Waals surface area contributed by atoms with Gasteiger partial charge in [-0.2, -0.15) is 0 Å². The van der Waals surface area contributed by atoms with Crippen molar-refractivity contribution in [1.82, 2.24) is 10.2 Å². The maximum atomic E-state index is 13.4. The van der Waals surface area contributed by atoms with Crippen molar-refractivity contribution >= 4 is 23.4 Å². The lowest BCUT2D eigenvalue weighted by molar-refractivity contribution is 0.102. The number of carbonyl (C=O) groups is 1. The molecule has 1 unspecified atom stereocenters. The monoisotopic (exact) mass is 427 g/mol. The minimum absolute atomic E-state index is 0.0230. The molecule has 0 saturated carbocycles. The standard InChI is InChI=1S/C22H22FN3O3S/c1-12-10-15(23)8-9-18(12)29-22-19(13(2)20(14(3)27)25-26-22)21(28)24-16-6-5-7-17(11-16)30-4/h5-11,14,27H,1-4H3,(H,24,28). The fourth-order valence-corrected chi connectivity index (χ4v) is 3.43. The molecule has 3 rings (SSSR count). The third-order valence-electron chi connectivity index (χ3n) is 4.52. The number of nitrogens with one attached hydrogen (secondary N) is 1. The number of aryl methyl sites for hydroxylation is 1. The highest BCUT2D eigenvalue weighted by atomic mass is 32.2. The van der Waals surface area contributed by atoms with Crippen molar-refractivity contribution in [2.75, 3.05) is 11.6 Å². The van der Waals surface area contributed by atoms with Gasteiger partial charge in [0.05, 0.1) is 11.8 Å². The molecule has 0 aliphatic heterocycles. The Morgan fingerprint density at radius 2 is 1.97 bits per heavy atom. The average molecular weight is 428 g/mol. The van der Waals surface area contributed by atoms with Crippen LogP contribution < -0.4 is 10.1 Å². The van der Waals surface area contributed by atoms with Gasteiger partial charge in [0.15, 0.2) is 0 Å². The molecule has 0 bridgehead atoms. The van der Waals surface area contributed by atoms with E-state index in [4.69, 9.17) is 4.74 Å². The molecule has 6 nitrogen and oxygen atoms in total. The van der Waals surface area contributed by atoms with Crippen LogP contribution in [0.1, 0.15) is 40.2 Å². The maximum absolute atomic E-state index is 13.4. The normalized spacial score (nSPS) is 11.8. The number of amides is 1. The molecule has 0 spiro atoms. The molecule has 0 saturated heterocycles. The summed E-state index contributed by atoms with van der Waals surface area (Å²) in [7, 11) is 0. The zero-order valence-electron chi connectivity index (χ0n) is 17.1. The van der Waals surface area contributed by atoms with Crippen molar-refractivity contribution in [1.29, 1.82) is 0 Å². The molecule has 30 heavy (non-hydrogen) atoms. The molecule has 2 aromatic carbocycles. The van der Waals surface area contributed by atoms with E-state index in [1.54, 1.807) is 38.6 Å². The van der Waals surface area contributed by atoms with Crippen molar-refractivity contribution in [2.24, 2.45) is 0 Å². The fourth-order valence-electron chi connectivity index (χ4n) is 2.97. The van der Waals surface area contributed by atoms with Gasteiger partial charge in [0.2, 0.25) is 0 Å². The molecule has 8 heteroatoms. The molecule has 1 aromatic heterocycles. The van der Waals surface area contributed by atoms with Crippen molar-refractivity contribution in [2.45, 2.75) is 31.8 Å². The van der Waals surface area contributed by atoms with Crippen LogP contribution in [0.2, 0.25) is 0 Å². The molecule has 1 heterocycles. The first kappa shape index (κ1) is 21.7. The quantitative estimate of drug-likeness (QED) is 0.536. The number of hydrogen-bond acceptors (Lipinski definition) is 6. The van der Waals surface area contributed by atoms with Gasteiger partial charge in [-0.1, -0.05) is 6.07 Å². The number of rotatable bonds is 6. The molecule has 1 atom stereocenters. The van der Waals surface area contributed by atoms with Gasteiger partial charge in [-0.3, -0.25) is 4.79 Å². The second-order valence-electron chi connectivity index (χ2n) is 6.76. The van der Waals surface area contributed by atoms with Crippen LogP contribution in [0.3, 0.4) is 0 Å². The first-order valence-electron chi connectivity index (χ1n) is 9.24. The zero-order valence-corrected chi connectivity index (χ0v) is 17.9. The third-order valence-corrected chi connectivity index (χ3v) is 5.24. The SMILES string of the molecule is CSc1cccc(NC(=O)c2c(Oc3ccc(F)cc3C)nnc(C(C)O)c2C)c1. The van der Waals surface area contributed by atoms with E-state index in [2.05, 4.69) is 15.5 Å². The fraction of sp³-hybridized carbons (Fsp3) is 0.227. The number of nitrogens with zero attached hydrogens (tertiary/aromatic N) is 2. The second kappa shape index (κ2) is 9.23.